The minimum Gasteiger partial charge on any atom is -0.278 e. The van der Waals surface area contributed by atoms with Crippen molar-refractivity contribution < 1.29 is 8.42 Å². The highest BCUT2D eigenvalue weighted by atomic mass is 35.5. The lowest BCUT2D eigenvalue weighted by atomic mass is 10.2. The number of sulfonamides is 1. The summed E-state index contributed by atoms with van der Waals surface area (Å²) in [5, 5.41) is 8.98. The van der Waals surface area contributed by atoms with Crippen molar-refractivity contribution in [2.45, 2.75) is 4.90 Å². The van der Waals surface area contributed by atoms with Crippen LogP contribution in [0, 0.1) is 11.3 Å². The van der Waals surface area contributed by atoms with Crippen molar-refractivity contribution in [3.8, 4) is 6.07 Å². The summed E-state index contributed by atoms with van der Waals surface area (Å²) in [5.74, 6) is 0. The highest BCUT2D eigenvalue weighted by Gasteiger charge is 2.22. The number of anilines is 1. The van der Waals surface area contributed by atoms with Crippen molar-refractivity contribution in [3.63, 3.8) is 0 Å². The van der Waals surface area contributed by atoms with E-state index in [4.69, 9.17) is 40.1 Å². The smallest absolute Gasteiger partial charge is 0.264 e. The highest BCUT2D eigenvalue weighted by Crippen LogP contribution is 2.35. The van der Waals surface area contributed by atoms with E-state index in [1.165, 1.54) is 24.3 Å². The van der Waals surface area contributed by atoms with Crippen LogP contribution in [-0.2, 0) is 10.0 Å². The maximum atomic E-state index is 12.2. The Bertz CT molecular complexity index is 810. The van der Waals surface area contributed by atoms with E-state index in [-0.39, 0.29) is 29.8 Å². The van der Waals surface area contributed by atoms with E-state index in [2.05, 4.69) is 4.72 Å². The lowest BCUT2D eigenvalue weighted by Crippen LogP contribution is -2.13. The summed E-state index contributed by atoms with van der Waals surface area (Å²) in [5.41, 5.74) is 0.380. The maximum absolute atomic E-state index is 12.2. The van der Waals surface area contributed by atoms with Gasteiger partial charge in [-0.25, -0.2) is 8.42 Å². The van der Waals surface area contributed by atoms with E-state index < -0.39 is 10.0 Å². The molecule has 20 heavy (non-hydrogen) atoms. The predicted octanol–water partition coefficient (Wildman–Crippen LogP) is 4.38. The SMILES string of the molecule is N#Cc1ccc(Cl)c(NS(=O)(=O)c2cc(Cl)sc2Cl)c1. The summed E-state index contributed by atoms with van der Waals surface area (Å²) < 4.78 is 27.0. The molecular formula is C11H5Cl3N2O2S2. The monoisotopic (exact) mass is 366 g/mol. The largest absolute Gasteiger partial charge is 0.278 e. The van der Waals surface area contributed by atoms with Gasteiger partial charge in [-0.1, -0.05) is 34.8 Å². The average Bonchev–Trinajstić information content (AvgIpc) is 2.72. The second-order valence-corrected chi connectivity index (χ2v) is 7.94. The van der Waals surface area contributed by atoms with Crippen molar-refractivity contribution >= 4 is 61.9 Å². The molecule has 0 spiro atoms. The molecule has 0 amide bonds. The molecule has 9 heteroatoms. The molecule has 2 aromatic rings. The molecule has 1 heterocycles. The van der Waals surface area contributed by atoms with Gasteiger partial charge in [0.1, 0.15) is 9.23 Å². The van der Waals surface area contributed by atoms with Crippen molar-refractivity contribution in [2.75, 3.05) is 4.72 Å². The minimum absolute atomic E-state index is 0.0510. The van der Waals surface area contributed by atoms with E-state index in [1.54, 1.807) is 0 Å². The fourth-order valence-electron chi connectivity index (χ4n) is 1.38. The van der Waals surface area contributed by atoms with Gasteiger partial charge in [-0.2, -0.15) is 5.26 Å². The molecule has 0 radical (unpaired) electrons. The van der Waals surface area contributed by atoms with Crippen LogP contribution in [0.2, 0.25) is 13.7 Å². The summed E-state index contributed by atoms with van der Waals surface area (Å²) in [6, 6.07) is 7.39. The zero-order valence-electron chi connectivity index (χ0n) is 9.52. The van der Waals surface area contributed by atoms with Crippen molar-refractivity contribution in [2.24, 2.45) is 0 Å². The summed E-state index contributed by atoms with van der Waals surface area (Å²) in [7, 11) is -3.92. The van der Waals surface area contributed by atoms with E-state index in [1.807, 2.05) is 6.07 Å². The fraction of sp³-hybridized carbons (Fsp3) is 0. The van der Waals surface area contributed by atoms with Gasteiger partial charge in [-0.05, 0) is 24.3 Å². The van der Waals surface area contributed by atoms with Crippen LogP contribution in [0.1, 0.15) is 5.56 Å². The molecule has 1 aromatic carbocycles. The van der Waals surface area contributed by atoms with Crippen molar-refractivity contribution in [1.82, 2.24) is 0 Å². The number of halogens is 3. The second kappa shape index (κ2) is 5.80. The third-order valence-electron chi connectivity index (χ3n) is 2.25. The molecule has 1 N–H and O–H groups in total. The minimum atomic E-state index is -3.92. The van der Waals surface area contributed by atoms with Crippen LogP contribution in [0.15, 0.2) is 29.2 Å². The van der Waals surface area contributed by atoms with E-state index >= 15 is 0 Å². The molecule has 0 saturated carbocycles. The molecule has 0 unspecified atom stereocenters. The second-order valence-electron chi connectivity index (χ2n) is 3.60. The Hall–Kier alpha value is -0.970. The van der Waals surface area contributed by atoms with Crippen molar-refractivity contribution in [1.29, 1.82) is 5.26 Å². The Morgan fingerprint density at radius 1 is 1.20 bits per heavy atom. The number of hydrogen-bond acceptors (Lipinski definition) is 4. The molecule has 4 nitrogen and oxygen atoms in total. The predicted molar refractivity (Wildman–Crippen MR) is 81.3 cm³/mol. The summed E-state index contributed by atoms with van der Waals surface area (Å²) in [6.07, 6.45) is 0. The molecule has 104 valence electrons. The quantitative estimate of drug-likeness (QED) is 0.875. The first-order valence-corrected chi connectivity index (χ1v) is 8.44. The Balaban J connectivity index is 2.44. The number of nitrogens with zero attached hydrogens (tertiary/aromatic N) is 1. The van der Waals surface area contributed by atoms with Crippen LogP contribution in [0.3, 0.4) is 0 Å². The van der Waals surface area contributed by atoms with Gasteiger partial charge in [0.25, 0.3) is 10.0 Å². The van der Waals surface area contributed by atoms with Crippen LogP contribution in [0.25, 0.3) is 0 Å². The maximum Gasteiger partial charge on any atom is 0.264 e. The topological polar surface area (TPSA) is 70.0 Å². The number of rotatable bonds is 3. The van der Waals surface area contributed by atoms with Crippen LogP contribution in [-0.4, -0.2) is 8.42 Å². The highest BCUT2D eigenvalue weighted by molar-refractivity contribution is 7.93. The normalized spacial score (nSPS) is 11.1. The van der Waals surface area contributed by atoms with Gasteiger partial charge in [-0.3, -0.25) is 4.72 Å². The third-order valence-corrected chi connectivity index (χ3v) is 5.70. The van der Waals surface area contributed by atoms with Crippen LogP contribution in [0.4, 0.5) is 5.69 Å². The average molecular weight is 368 g/mol. The molecule has 2 rings (SSSR count). The fourth-order valence-corrected chi connectivity index (χ4v) is 4.82. The molecule has 0 fully saturated rings. The number of thiophene rings is 1. The van der Waals surface area contributed by atoms with Crippen LogP contribution >= 0.6 is 46.1 Å². The van der Waals surface area contributed by atoms with Crippen LogP contribution in [0.5, 0.6) is 0 Å². The Morgan fingerprint density at radius 2 is 1.90 bits per heavy atom. The number of hydrogen-bond donors (Lipinski definition) is 1. The molecule has 0 bridgehead atoms. The first-order chi connectivity index (χ1) is 9.33. The van der Waals surface area contributed by atoms with Gasteiger partial charge in [0.2, 0.25) is 0 Å². The Kier molecular flexibility index (Phi) is 4.47. The first-order valence-electron chi connectivity index (χ1n) is 5.01. The Morgan fingerprint density at radius 3 is 2.45 bits per heavy atom. The zero-order chi connectivity index (χ0) is 14.9. The third kappa shape index (κ3) is 3.19. The molecule has 0 saturated heterocycles. The number of nitrogens with one attached hydrogen (secondary N) is 1. The van der Waals surface area contributed by atoms with Gasteiger partial charge < -0.3 is 0 Å². The zero-order valence-corrected chi connectivity index (χ0v) is 13.4. The summed E-state index contributed by atoms with van der Waals surface area (Å²) in [4.78, 5) is -0.132. The molecule has 0 aliphatic carbocycles. The van der Waals surface area contributed by atoms with Crippen molar-refractivity contribution in [3.05, 3.63) is 43.5 Å². The lowest BCUT2D eigenvalue weighted by Gasteiger charge is -2.09. The lowest BCUT2D eigenvalue weighted by molar-refractivity contribution is 0.601. The Labute approximate surface area is 134 Å². The van der Waals surface area contributed by atoms with E-state index in [9.17, 15) is 8.42 Å². The number of nitriles is 1. The molecule has 0 aliphatic heterocycles. The van der Waals surface area contributed by atoms with Gasteiger partial charge in [0.05, 0.1) is 26.7 Å². The van der Waals surface area contributed by atoms with Crippen LogP contribution < -0.4 is 4.72 Å². The molecular weight excluding hydrogens is 363 g/mol. The van der Waals surface area contributed by atoms with E-state index in [0.29, 0.717) is 0 Å². The van der Waals surface area contributed by atoms with Gasteiger partial charge in [0.15, 0.2) is 0 Å². The molecule has 0 atom stereocenters. The summed E-state index contributed by atoms with van der Waals surface area (Å²) >= 11 is 18.4. The van der Waals surface area contributed by atoms with E-state index in [0.717, 1.165) is 11.3 Å². The van der Waals surface area contributed by atoms with Gasteiger partial charge in [0, 0.05) is 0 Å². The standard InChI is InChI=1S/C11H5Cl3N2O2S2/c12-7-2-1-6(5-15)3-8(7)16-20(17,18)9-4-10(13)19-11(9)14/h1-4,16H. The first kappa shape index (κ1) is 15.4. The molecule has 1 aromatic heterocycles. The van der Waals surface area contributed by atoms with Gasteiger partial charge in [-0.15, -0.1) is 11.3 Å². The number of benzene rings is 1. The molecule has 0 aliphatic rings. The summed E-state index contributed by atoms with van der Waals surface area (Å²) in [6.45, 7) is 0. The van der Waals surface area contributed by atoms with Gasteiger partial charge >= 0.3 is 0 Å².